The van der Waals surface area contributed by atoms with Crippen molar-refractivity contribution in [3.63, 3.8) is 0 Å². The van der Waals surface area contributed by atoms with Gasteiger partial charge < -0.3 is 9.88 Å². The lowest BCUT2D eigenvalue weighted by Crippen LogP contribution is -2.37. The smallest absolute Gasteiger partial charge is 0.324 e. The quantitative estimate of drug-likeness (QED) is 0.719. The van der Waals surface area contributed by atoms with Crippen molar-refractivity contribution >= 4 is 22.8 Å². The summed E-state index contributed by atoms with van der Waals surface area (Å²) in [5.74, 6) is -0.384. The van der Waals surface area contributed by atoms with Crippen molar-refractivity contribution in [1.29, 1.82) is 5.26 Å². The molecule has 0 aliphatic carbocycles. The Morgan fingerprint density at radius 3 is 2.76 bits per heavy atom. The van der Waals surface area contributed by atoms with Crippen LogP contribution in [0.2, 0.25) is 0 Å². The zero-order valence-corrected chi connectivity index (χ0v) is 13.6. The zero-order valence-electron chi connectivity index (χ0n) is 13.6. The van der Waals surface area contributed by atoms with Gasteiger partial charge in [0.2, 0.25) is 5.91 Å². The minimum atomic E-state index is -0.519. The third kappa shape index (κ3) is 2.81. The summed E-state index contributed by atoms with van der Waals surface area (Å²) >= 11 is 0. The Balaban J connectivity index is 1.93. The predicted molar refractivity (Wildman–Crippen MR) is 90.0 cm³/mol. The summed E-state index contributed by atoms with van der Waals surface area (Å²) in [5, 5.41) is 11.6. The molecule has 2 heterocycles. The molecule has 0 fully saturated rings. The number of hydrogen-bond donors (Lipinski definition) is 1. The number of imidazole rings is 1. The van der Waals surface area contributed by atoms with Crippen LogP contribution in [0.1, 0.15) is 5.56 Å². The molecule has 3 rings (SSSR count). The van der Waals surface area contributed by atoms with Gasteiger partial charge in [0.15, 0.2) is 11.2 Å². The maximum absolute atomic E-state index is 12.3. The maximum atomic E-state index is 12.3. The number of fused-ring (bicyclic) bond motifs is 1. The topological polar surface area (TPSA) is 115 Å². The fourth-order valence-corrected chi connectivity index (χ4v) is 2.54. The Hall–Kier alpha value is -3.67. The summed E-state index contributed by atoms with van der Waals surface area (Å²) in [5.41, 5.74) is 0.289. The van der Waals surface area contributed by atoms with E-state index in [4.69, 9.17) is 5.26 Å². The molecule has 0 radical (unpaired) electrons. The number of anilines is 1. The lowest BCUT2D eigenvalue weighted by atomic mass is 10.2. The Morgan fingerprint density at radius 2 is 2.04 bits per heavy atom. The number of carbonyl (C=O) groups excluding carboxylic acids is 1. The Kier molecular flexibility index (Phi) is 3.94. The van der Waals surface area contributed by atoms with Crippen molar-refractivity contribution in [3.05, 3.63) is 57.0 Å². The largest absolute Gasteiger partial charge is 0.332 e. The van der Waals surface area contributed by atoms with Crippen molar-refractivity contribution in [3.8, 4) is 6.07 Å². The van der Waals surface area contributed by atoms with Crippen LogP contribution < -0.4 is 16.6 Å². The summed E-state index contributed by atoms with van der Waals surface area (Å²) in [6.45, 7) is -0.152. The highest BCUT2D eigenvalue weighted by Crippen LogP contribution is 2.11. The van der Waals surface area contributed by atoms with E-state index in [9.17, 15) is 14.4 Å². The Morgan fingerprint density at radius 1 is 1.28 bits per heavy atom. The maximum Gasteiger partial charge on any atom is 0.332 e. The van der Waals surface area contributed by atoms with Gasteiger partial charge in [-0.05, 0) is 18.2 Å². The average Bonchev–Trinajstić information content (AvgIpc) is 3.01. The third-order valence-corrected chi connectivity index (χ3v) is 3.81. The van der Waals surface area contributed by atoms with Gasteiger partial charge in [-0.2, -0.15) is 5.26 Å². The Labute approximate surface area is 141 Å². The summed E-state index contributed by atoms with van der Waals surface area (Å²) in [6.07, 6.45) is 1.34. The van der Waals surface area contributed by atoms with E-state index < -0.39 is 11.2 Å². The fraction of sp³-hybridized carbons (Fsp3) is 0.188. The van der Waals surface area contributed by atoms with E-state index in [0.29, 0.717) is 11.3 Å². The van der Waals surface area contributed by atoms with Crippen molar-refractivity contribution < 1.29 is 4.79 Å². The number of aryl methyl sites for hydroxylation is 1. The lowest BCUT2D eigenvalue weighted by molar-refractivity contribution is -0.116. The molecular weight excluding hydrogens is 324 g/mol. The van der Waals surface area contributed by atoms with Gasteiger partial charge in [-0.25, -0.2) is 9.78 Å². The first-order valence-electron chi connectivity index (χ1n) is 7.33. The van der Waals surface area contributed by atoms with Gasteiger partial charge >= 0.3 is 5.69 Å². The molecule has 0 bridgehead atoms. The van der Waals surface area contributed by atoms with Gasteiger partial charge in [0, 0.05) is 19.8 Å². The molecule has 0 unspecified atom stereocenters. The van der Waals surface area contributed by atoms with Crippen LogP contribution in [0.4, 0.5) is 5.69 Å². The number of nitrogens with zero attached hydrogens (tertiary/aromatic N) is 5. The molecular formula is C16H14N6O3. The van der Waals surface area contributed by atoms with Crippen LogP contribution in [-0.4, -0.2) is 24.6 Å². The van der Waals surface area contributed by atoms with Crippen LogP contribution in [0.5, 0.6) is 0 Å². The minimum absolute atomic E-state index is 0.152. The molecule has 0 aliphatic heterocycles. The highest BCUT2D eigenvalue weighted by atomic mass is 16.2. The Bertz CT molecular complexity index is 1150. The van der Waals surface area contributed by atoms with Gasteiger partial charge in [0.05, 0.1) is 18.0 Å². The van der Waals surface area contributed by atoms with Crippen LogP contribution in [0.3, 0.4) is 0 Å². The molecule has 0 aliphatic rings. The molecule has 1 aromatic carbocycles. The van der Waals surface area contributed by atoms with Gasteiger partial charge in [0.25, 0.3) is 5.56 Å². The highest BCUT2D eigenvalue weighted by molar-refractivity contribution is 5.91. The van der Waals surface area contributed by atoms with Crippen molar-refractivity contribution in [1.82, 2.24) is 18.7 Å². The van der Waals surface area contributed by atoms with Crippen molar-refractivity contribution in [2.24, 2.45) is 14.1 Å². The number of benzene rings is 1. The molecule has 9 heteroatoms. The summed E-state index contributed by atoms with van der Waals surface area (Å²) < 4.78 is 3.61. The molecule has 126 valence electrons. The molecule has 2 aromatic heterocycles. The summed E-state index contributed by atoms with van der Waals surface area (Å²) in [7, 11) is 2.88. The van der Waals surface area contributed by atoms with E-state index in [2.05, 4.69) is 10.3 Å². The monoisotopic (exact) mass is 338 g/mol. The van der Waals surface area contributed by atoms with Gasteiger partial charge in [-0.1, -0.05) is 6.07 Å². The van der Waals surface area contributed by atoms with E-state index in [-0.39, 0.29) is 23.6 Å². The summed E-state index contributed by atoms with van der Waals surface area (Å²) in [4.78, 5) is 40.5. The van der Waals surface area contributed by atoms with Crippen LogP contribution in [0.15, 0.2) is 40.2 Å². The first kappa shape index (κ1) is 16.2. The minimum Gasteiger partial charge on any atom is -0.324 e. The first-order chi connectivity index (χ1) is 11.9. The SMILES string of the molecule is Cn1c(=O)c2c(ncn2CC(=O)Nc2cccc(C#N)c2)n(C)c1=O. The molecule has 1 amide bonds. The standard InChI is InChI=1S/C16H14N6O3/c1-20-14-13(15(24)21(2)16(20)25)22(9-18-14)8-12(23)19-11-5-3-4-10(6-11)7-17/h3-6,9H,8H2,1-2H3,(H,19,23). The van der Waals surface area contributed by atoms with E-state index in [1.807, 2.05) is 6.07 Å². The van der Waals surface area contributed by atoms with Crippen LogP contribution in [0.25, 0.3) is 11.2 Å². The predicted octanol–water partition coefficient (Wildman–Crippen LogP) is -0.0559. The summed E-state index contributed by atoms with van der Waals surface area (Å²) in [6, 6.07) is 8.49. The van der Waals surface area contributed by atoms with E-state index in [1.54, 1.807) is 24.3 Å². The number of carbonyl (C=O) groups is 1. The second-order valence-electron chi connectivity index (χ2n) is 5.49. The molecule has 3 aromatic rings. The number of hydrogen-bond acceptors (Lipinski definition) is 5. The van der Waals surface area contributed by atoms with Gasteiger partial charge in [-0.15, -0.1) is 0 Å². The van der Waals surface area contributed by atoms with E-state index >= 15 is 0 Å². The second-order valence-corrected chi connectivity index (χ2v) is 5.49. The molecule has 1 N–H and O–H groups in total. The molecule has 0 saturated heterocycles. The highest BCUT2D eigenvalue weighted by Gasteiger charge is 2.16. The zero-order chi connectivity index (χ0) is 18.1. The van der Waals surface area contributed by atoms with Gasteiger partial charge in [0.1, 0.15) is 6.54 Å². The normalized spacial score (nSPS) is 10.6. The average molecular weight is 338 g/mol. The molecule has 9 nitrogen and oxygen atoms in total. The molecule has 25 heavy (non-hydrogen) atoms. The first-order valence-corrected chi connectivity index (χ1v) is 7.33. The van der Waals surface area contributed by atoms with Crippen LogP contribution >= 0.6 is 0 Å². The van der Waals surface area contributed by atoms with E-state index in [1.165, 1.54) is 29.6 Å². The number of nitrogens with one attached hydrogen (secondary N) is 1. The fourth-order valence-electron chi connectivity index (χ4n) is 2.54. The van der Waals surface area contributed by atoms with Crippen molar-refractivity contribution in [2.75, 3.05) is 5.32 Å². The number of aromatic nitrogens is 4. The van der Waals surface area contributed by atoms with E-state index in [0.717, 1.165) is 4.57 Å². The van der Waals surface area contributed by atoms with Crippen LogP contribution in [0, 0.1) is 11.3 Å². The van der Waals surface area contributed by atoms with Crippen LogP contribution in [-0.2, 0) is 25.4 Å². The molecule has 0 saturated carbocycles. The number of amides is 1. The molecule has 0 atom stereocenters. The molecule has 0 spiro atoms. The van der Waals surface area contributed by atoms with Crippen molar-refractivity contribution in [2.45, 2.75) is 6.54 Å². The second kappa shape index (κ2) is 6.09. The number of nitriles is 1. The van der Waals surface area contributed by atoms with Gasteiger partial charge in [-0.3, -0.25) is 18.7 Å². The third-order valence-electron chi connectivity index (χ3n) is 3.81. The number of rotatable bonds is 3. The lowest BCUT2D eigenvalue weighted by Gasteiger charge is -2.08.